The highest BCUT2D eigenvalue weighted by atomic mass is 127. The fourth-order valence-corrected chi connectivity index (χ4v) is 2.71. The molecule has 0 aromatic carbocycles. The molecule has 2 rings (SSSR count). The van der Waals surface area contributed by atoms with Gasteiger partial charge in [0.2, 0.25) is 0 Å². The molecule has 0 amide bonds. The van der Waals surface area contributed by atoms with E-state index >= 15 is 0 Å². The lowest BCUT2D eigenvalue weighted by Crippen LogP contribution is -2.41. The van der Waals surface area contributed by atoms with E-state index in [-0.39, 0.29) is 30.0 Å². The maximum atomic E-state index is 12.3. The van der Waals surface area contributed by atoms with Crippen LogP contribution >= 0.6 is 24.0 Å². The molecule has 1 unspecified atom stereocenters. The highest BCUT2D eigenvalue weighted by Crippen LogP contribution is 2.21. The Labute approximate surface area is 134 Å². The van der Waals surface area contributed by atoms with E-state index in [1.807, 2.05) is 4.90 Å². The number of hydrogen-bond acceptors (Lipinski definition) is 2. The van der Waals surface area contributed by atoms with Crippen molar-refractivity contribution in [3.05, 3.63) is 0 Å². The molecular weight excluding hydrogens is 384 g/mol. The molecule has 4 nitrogen and oxygen atoms in total. The van der Waals surface area contributed by atoms with Crippen molar-refractivity contribution >= 4 is 29.9 Å². The van der Waals surface area contributed by atoms with Crippen LogP contribution in [0.25, 0.3) is 0 Å². The third kappa shape index (κ3) is 5.63. The van der Waals surface area contributed by atoms with Crippen molar-refractivity contribution in [3.63, 3.8) is 0 Å². The number of aliphatic imine (C=N–C) groups is 1. The number of rotatable bonds is 2. The number of halogens is 4. The molecule has 2 aliphatic heterocycles. The number of alkyl halides is 3. The van der Waals surface area contributed by atoms with E-state index in [4.69, 9.17) is 5.73 Å². The third-order valence-electron chi connectivity index (χ3n) is 3.65. The highest BCUT2D eigenvalue weighted by Gasteiger charge is 2.34. The smallest absolute Gasteiger partial charge is 0.370 e. The van der Waals surface area contributed by atoms with Gasteiger partial charge in [0.15, 0.2) is 5.96 Å². The lowest BCUT2D eigenvalue weighted by Gasteiger charge is -2.28. The monoisotopic (exact) mass is 406 g/mol. The first kappa shape index (κ1) is 17.8. The Morgan fingerprint density at radius 3 is 2.40 bits per heavy atom. The summed E-state index contributed by atoms with van der Waals surface area (Å²) in [7, 11) is 0. The van der Waals surface area contributed by atoms with Crippen molar-refractivity contribution in [2.75, 3.05) is 32.7 Å². The van der Waals surface area contributed by atoms with E-state index in [1.165, 1.54) is 11.3 Å². The van der Waals surface area contributed by atoms with E-state index in [1.54, 1.807) is 0 Å². The number of piperidine rings is 1. The SMILES string of the molecule is I.NC(=NC1CCN(CC(F)(F)F)C1)N1CCCCC1. The molecule has 2 saturated heterocycles. The molecule has 8 heteroatoms. The molecule has 0 aromatic heterocycles. The minimum absolute atomic E-state index is 0. The Morgan fingerprint density at radius 2 is 1.80 bits per heavy atom. The fraction of sp³-hybridized carbons (Fsp3) is 0.917. The van der Waals surface area contributed by atoms with E-state index in [2.05, 4.69) is 4.99 Å². The van der Waals surface area contributed by atoms with Gasteiger partial charge in [0.1, 0.15) is 0 Å². The minimum atomic E-state index is -4.13. The van der Waals surface area contributed by atoms with Crippen LogP contribution in [0.15, 0.2) is 4.99 Å². The normalized spacial score (nSPS) is 25.6. The van der Waals surface area contributed by atoms with Crippen molar-refractivity contribution in [2.45, 2.75) is 37.9 Å². The summed E-state index contributed by atoms with van der Waals surface area (Å²) in [6.45, 7) is 1.78. The van der Waals surface area contributed by atoms with Crippen LogP contribution in [-0.2, 0) is 0 Å². The second-order valence-corrected chi connectivity index (χ2v) is 5.33. The topological polar surface area (TPSA) is 44.9 Å². The van der Waals surface area contributed by atoms with Crippen molar-refractivity contribution < 1.29 is 13.2 Å². The Bertz CT molecular complexity index is 329. The molecule has 2 N–H and O–H groups in total. The number of nitrogens with zero attached hydrogens (tertiary/aromatic N) is 3. The standard InChI is InChI=1S/C12H21F3N4.HI/c13-12(14,15)9-18-7-4-10(8-18)17-11(16)19-5-2-1-3-6-19;/h10H,1-9H2,(H2,16,17);1H. The second-order valence-electron chi connectivity index (χ2n) is 5.33. The molecule has 118 valence electrons. The van der Waals surface area contributed by atoms with Gasteiger partial charge < -0.3 is 10.6 Å². The average Bonchev–Trinajstić information content (AvgIpc) is 2.75. The summed E-state index contributed by atoms with van der Waals surface area (Å²) in [4.78, 5) is 7.83. The molecule has 0 saturated carbocycles. The van der Waals surface area contributed by atoms with Crippen LogP contribution < -0.4 is 5.73 Å². The lowest BCUT2D eigenvalue weighted by atomic mass is 10.1. The summed E-state index contributed by atoms with van der Waals surface area (Å²) >= 11 is 0. The van der Waals surface area contributed by atoms with Gasteiger partial charge in [0.05, 0.1) is 12.6 Å². The van der Waals surface area contributed by atoms with Gasteiger partial charge in [-0.1, -0.05) is 0 Å². The minimum Gasteiger partial charge on any atom is -0.370 e. The zero-order valence-electron chi connectivity index (χ0n) is 11.4. The summed E-state index contributed by atoms with van der Waals surface area (Å²) < 4.78 is 36.8. The highest BCUT2D eigenvalue weighted by molar-refractivity contribution is 14.0. The van der Waals surface area contributed by atoms with Crippen molar-refractivity contribution in [2.24, 2.45) is 10.7 Å². The second kappa shape index (κ2) is 7.67. The molecule has 0 radical (unpaired) electrons. The van der Waals surface area contributed by atoms with Crippen LogP contribution in [0.3, 0.4) is 0 Å². The molecule has 2 aliphatic rings. The van der Waals surface area contributed by atoms with Crippen LogP contribution in [0.1, 0.15) is 25.7 Å². The van der Waals surface area contributed by atoms with Gasteiger partial charge >= 0.3 is 6.18 Å². The van der Waals surface area contributed by atoms with Gasteiger partial charge in [0, 0.05) is 26.2 Å². The Hall–Kier alpha value is -0.250. The van der Waals surface area contributed by atoms with Gasteiger partial charge in [-0.2, -0.15) is 13.2 Å². The van der Waals surface area contributed by atoms with Gasteiger partial charge in [-0.15, -0.1) is 24.0 Å². The summed E-state index contributed by atoms with van der Waals surface area (Å²) in [6.07, 6.45) is -0.0314. The van der Waals surface area contributed by atoms with E-state index in [9.17, 15) is 13.2 Å². The van der Waals surface area contributed by atoms with E-state index < -0.39 is 12.7 Å². The maximum absolute atomic E-state index is 12.3. The number of hydrogen-bond donors (Lipinski definition) is 1. The number of nitrogens with two attached hydrogens (primary N) is 1. The first-order chi connectivity index (χ1) is 8.94. The van der Waals surface area contributed by atoms with Gasteiger partial charge in [-0.25, -0.2) is 4.99 Å². The molecule has 0 aliphatic carbocycles. The maximum Gasteiger partial charge on any atom is 0.401 e. The molecule has 2 heterocycles. The average molecular weight is 406 g/mol. The third-order valence-corrected chi connectivity index (χ3v) is 3.65. The van der Waals surface area contributed by atoms with Gasteiger partial charge in [0.25, 0.3) is 0 Å². The Balaban J connectivity index is 0.00000200. The van der Waals surface area contributed by atoms with E-state index in [0.29, 0.717) is 25.5 Å². The summed E-state index contributed by atoms with van der Waals surface area (Å²) in [5.41, 5.74) is 5.94. The van der Waals surface area contributed by atoms with Gasteiger partial charge in [-0.05, 0) is 25.7 Å². The predicted octanol–water partition coefficient (Wildman–Crippen LogP) is 2.04. The van der Waals surface area contributed by atoms with E-state index in [0.717, 1.165) is 25.9 Å². The van der Waals surface area contributed by atoms with Crippen LogP contribution in [0.5, 0.6) is 0 Å². The van der Waals surface area contributed by atoms with Gasteiger partial charge in [-0.3, -0.25) is 4.90 Å². The number of guanidine groups is 1. The van der Waals surface area contributed by atoms with Crippen LogP contribution in [0.4, 0.5) is 13.2 Å². The molecule has 2 fully saturated rings. The molecule has 0 aromatic rings. The van der Waals surface area contributed by atoms with Crippen LogP contribution in [0, 0.1) is 0 Å². The fourth-order valence-electron chi connectivity index (χ4n) is 2.71. The number of likely N-dealkylation sites (tertiary alicyclic amines) is 2. The Kier molecular flexibility index (Phi) is 6.83. The summed E-state index contributed by atoms with van der Waals surface area (Å²) in [5.74, 6) is 0.499. The quantitative estimate of drug-likeness (QED) is 0.434. The van der Waals surface area contributed by atoms with Crippen molar-refractivity contribution in [3.8, 4) is 0 Å². The lowest BCUT2D eigenvalue weighted by molar-refractivity contribution is -0.143. The first-order valence-corrected chi connectivity index (χ1v) is 6.81. The van der Waals surface area contributed by atoms with Crippen LogP contribution in [-0.4, -0.2) is 60.7 Å². The predicted molar refractivity (Wildman–Crippen MR) is 83.4 cm³/mol. The molecule has 1 atom stereocenters. The van der Waals surface area contributed by atoms with Crippen molar-refractivity contribution in [1.82, 2.24) is 9.80 Å². The first-order valence-electron chi connectivity index (χ1n) is 6.81. The van der Waals surface area contributed by atoms with Crippen molar-refractivity contribution in [1.29, 1.82) is 0 Å². The molecule has 0 spiro atoms. The Morgan fingerprint density at radius 1 is 1.15 bits per heavy atom. The molecular formula is C12H22F3IN4. The summed E-state index contributed by atoms with van der Waals surface area (Å²) in [5, 5.41) is 0. The largest absolute Gasteiger partial charge is 0.401 e. The summed E-state index contributed by atoms with van der Waals surface area (Å²) in [6, 6.07) is -0.0933. The molecule has 20 heavy (non-hydrogen) atoms. The van der Waals surface area contributed by atoms with Crippen LogP contribution in [0.2, 0.25) is 0 Å². The zero-order valence-corrected chi connectivity index (χ0v) is 13.7. The zero-order chi connectivity index (χ0) is 13.9. The molecule has 0 bridgehead atoms.